The minimum Gasteiger partial charge on any atom is -0.480 e. The summed E-state index contributed by atoms with van der Waals surface area (Å²) in [6.45, 7) is 1.69. The fraction of sp³-hybridized carbons (Fsp3) is 0.818. The molecule has 0 spiro atoms. The molecule has 0 aromatic carbocycles. The second kappa shape index (κ2) is 5.86. The zero-order valence-electron chi connectivity index (χ0n) is 10.2. The third-order valence-electron chi connectivity index (χ3n) is 3.25. The number of carboxylic acids is 1. The van der Waals surface area contributed by atoms with Crippen LogP contribution < -0.4 is 5.32 Å². The molecule has 1 fully saturated rings. The summed E-state index contributed by atoms with van der Waals surface area (Å²) in [6.07, 6.45) is 2.27. The van der Waals surface area contributed by atoms with Crippen molar-refractivity contribution in [2.24, 2.45) is 5.92 Å². The Balaban J connectivity index is 2.47. The van der Waals surface area contributed by atoms with Gasteiger partial charge >= 0.3 is 12.0 Å². The minimum atomic E-state index is -1.13. The zero-order chi connectivity index (χ0) is 13.0. The van der Waals surface area contributed by atoms with E-state index < -0.39 is 18.0 Å². The molecule has 1 saturated carbocycles. The predicted octanol–water partition coefficient (Wildman–Crippen LogP) is 0.262. The van der Waals surface area contributed by atoms with E-state index in [0.717, 1.165) is 12.8 Å². The highest BCUT2D eigenvalue weighted by Gasteiger charge is 2.33. The average molecular weight is 244 g/mol. The van der Waals surface area contributed by atoms with Gasteiger partial charge in [-0.05, 0) is 25.7 Å². The number of aliphatic hydroxyl groups excluding tert-OH is 1. The highest BCUT2D eigenvalue weighted by atomic mass is 16.4. The molecule has 2 atom stereocenters. The summed E-state index contributed by atoms with van der Waals surface area (Å²) in [5.41, 5.74) is 0. The van der Waals surface area contributed by atoms with E-state index >= 15 is 0 Å². The van der Waals surface area contributed by atoms with Crippen LogP contribution in [0.1, 0.15) is 26.2 Å². The predicted molar refractivity (Wildman–Crippen MR) is 61.6 cm³/mol. The lowest BCUT2D eigenvalue weighted by atomic mass is 10.2. The summed E-state index contributed by atoms with van der Waals surface area (Å²) in [6, 6.07) is -1.30. The molecule has 2 amide bonds. The van der Waals surface area contributed by atoms with Crippen LogP contribution in [0.15, 0.2) is 0 Å². The van der Waals surface area contributed by atoms with Crippen LogP contribution in [0.25, 0.3) is 0 Å². The Morgan fingerprint density at radius 3 is 2.47 bits per heavy atom. The van der Waals surface area contributed by atoms with E-state index in [1.54, 1.807) is 7.05 Å². The number of carbonyl (C=O) groups excluding carboxylic acids is 1. The van der Waals surface area contributed by atoms with Crippen LogP contribution in [0.3, 0.4) is 0 Å². The summed E-state index contributed by atoms with van der Waals surface area (Å²) >= 11 is 0. The van der Waals surface area contributed by atoms with E-state index in [0.29, 0.717) is 5.92 Å². The molecule has 0 heterocycles. The maximum atomic E-state index is 11.8. The molecule has 0 aromatic rings. The van der Waals surface area contributed by atoms with Gasteiger partial charge < -0.3 is 20.4 Å². The number of carbonyl (C=O) groups is 2. The monoisotopic (exact) mass is 244 g/mol. The molecule has 1 unspecified atom stereocenters. The van der Waals surface area contributed by atoms with Crippen molar-refractivity contribution in [2.45, 2.75) is 38.3 Å². The number of aliphatic hydroxyl groups is 1. The number of amides is 2. The molecule has 1 aliphatic rings. The molecule has 0 saturated heterocycles. The summed E-state index contributed by atoms with van der Waals surface area (Å²) in [5, 5.41) is 20.0. The second-order valence-corrected chi connectivity index (χ2v) is 4.54. The lowest BCUT2D eigenvalue weighted by molar-refractivity contribution is -0.139. The largest absolute Gasteiger partial charge is 0.480 e. The summed E-state index contributed by atoms with van der Waals surface area (Å²) < 4.78 is 0. The maximum absolute atomic E-state index is 11.8. The second-order valence-electron chi connectivity index (χ2n) is 4.54. The lowest BCUT2D eigenvalue weighted by Crippen LogP contribution is -2.49. The van der Waals surface area contributed by atoms with Gasteiger partial charge in [0, 0.05) is 26.1 Å². The van der Waals surface area contributed by atoms with Crippen molar-refractivity contribution in [3.05, 3.63) is 0 Å². The number of urea groups is 1. The Kier molecular flexibility index (Phi) is 4.74. The number of aliphatic carboxylic acids is 1. The van der Waals surface area contributed by atoms with E-state index in [1.165, 1.54) is 4.90 Å². The molecule has 0 bridgehead atoms. The van der Waals surface area contributed by atoms with Crippen LogP contribution in [-0.2, 0) is 4.79 Å². The van der Waals surface area contributed by atoms with Crippen molar-refractivity contribution in [3.63, 3.8) is 0 Å². The highest BCUT2D eigenvalue weighted by Crippen LogP contribution is 2.34. The molecule has 0 aromatic heterocycles. The number of carboxylic acid groups (broad SMARTS) is 1. The Morgan fingerprint density at radius 1 is 1.47 bits per heavy atom. The molecule has 98 valence electrons. The van der Waals surface area contributed by atoms with E-state index in [-0.39, 0.29) is 19.1 Å². The Bertz CT molecular complexity index is 291. The van der Waals surface area contributed by atoms with Crippen LogP contribution in [0, 0.1) is 5.92 Å². The molecule has 0 aliphatic heterocycles. The zero-order valence-corrected chi connectivity index (χ0v) is 10.2. The van der Waals surface area contributed by atoms with Crippen LogP contribution in [0.5, 0.6) is 0 Å². The normalized spacial score (nSPS) is 18.3. The first-order chi connectivity index (χ1) is 7.97. The first-order valence-electron chi connectivity index (χ1n) is 5.84. The Morgan fingerprint density at radius 2 is 2.06 bits per heavy atom. The van der Waals surface area contributed by atoms with Gasteiger partial charge in [0.25, 0.3) is 0 Å². The average Bonchev–Trinajstić information content (AvgIpc) is 3.09. The van der Waals surface area contributed by atoms with Crippen LogP contribution in [0.4, 0.5) is 4.79 Å². The molecule has 6 heteroatoms. The van der Waals surface area contributed by atoms with Crippen molar-refractivity contribution in [1.82, 2.24) is 10.2 Å². The van der Waals surface area contributed by atoms with Crippen LogP contribution in [0.2, 0.25) is 0 Å². The number of nitrogens with one attached hydrogen (secondary N) is 1. The van der Waals surface area contributed by atoms with Crippen LogP contribution in [-0.4, -0.2) is 52.9 Å². The molecule has 3 N–H and O–H groups in total. The summed E-state index contributed by atoms with van der Waals surface area (Å²) in [4.78, 5) is 24.1. The van der Waals surface area contributed by atoms with Gasteiger partial charge in [0.15, 0.2) is 0 Å². The van der Waals surface area contributed by atoms with Crippen molar-refractivity contribution in [1.29, 1.82) is 0 Å². The number of hydrogen-bond donors (Lipinski definition) is 3. The van der Waals surface area contributed by atoms with E-state index in [9.17, 15) is 9.59 Å². The third kappa shape index (κ3) is 3.89. The van der Waals surface area contributed by atoms with Gasteiger partial charge in [-0.25, -0.2) is 9.59 Å². The molecule has 1 aliphatic carbocycles. The van der Waals surface area contributed by atoms with Crippen molar-refractivity contribution in [3.8, 4) is 0 Å². The van der Waals surface area contributed by atoms with Gasteiger partial charge in [0.2, 0.25) is 0 Å². The topological polar surface area (TPSA) is 89.9 Å². The Labute approximate surface area is 101 Å². The van der Waals surface area contributed by atoms with E-state index in [4.69, 9.17) is 10.2 Å². The molecular formula is C11H20N2O4. The molecule has 6 nitrogen and oxygen atoms in total. The SMILES string of the molecule is CC(C1CC1)N(C)C(=O)N[C@H](CCO)C(=O)O. The summed E-state index contributed by atoms with van der Waals surface area (Å²) in [7, 11) is 1.66. The quantitative estimate of drug-likeness (QED) is 0.625. The molecule has 0 radical (unpaired) electrons. The lowest BCUT2D eigenvalue weighted by Gasteiger charge is -2.26. The Hall–Kier alpha value is -1.30. The number of rotatable bonds is 6. The van der Waals surface area contributed by atoms with Gasteiger partial charge in [-0.3, -0.25) is 0 Å². The standard InChI is InChI=1S/C11H20N2O4/c1-7(8-3-4-8)13(2)11(17)12-9(5-6-14)10(15)16/h7-9,14H,3-6H2,1-2H3,(H,12,17)(H,15,16)/t7?,9-/m1/s1. The fourth-order valence-corrected chi connectivity index (χ4v) is 1.72. The minimum absolute atomic E-state index is 0.0206. The fourth-order valence-electron chi connectivity index (χ4n) is 1.72. The molecule has 17 heavy (non-hydrogen) atoms. The van der Waals surface area contributed by atoms with Crippen molar-refractivity contribution >= 4 is 12.0 Å². The van der Waals surface area contributed by atoms with Gasteiger partial charge in [0.1, 0.15) is 6.04 Å². The highest BCUT2D eigenvalue weighted by molar-refractivity contribution is 5.82. The number of hydrogen-bond acceptors (Lipinski definition) is 3. The molecular weight excluding hydrogens is 224 g/mol. The van der Waals surface area contributed by atoms with Crippen molar-refractivity contribution < 1.29 is 19.8 Å². The van der Waals surface area contributed by atoms with Gasteiger partial charge in [-0.1, -0.05) is 0 Å². The third-order valence-corrected chi connectivity index (χ3v) is 3.25. The number of nitrogens with zero attached hydrogens (tertiary/aromatic N) is 1. The smallest absolute Gasteiger partial charge is 0.326 e. The van der Waals surface area contributed by atoms with Gasteiger partial charge in [-0.15, -0.1) is 0 Å². The van der Waals surface area contributed by atoms with Gasteiger partial charge in [-0.2, -0.15) is 0 Å². The van der Waals surface area contributed by atoms with E-state index in [1.807, 2.05) is 6.92 Å². The van der Waals surface area contributed by atoms with E-state index in [2.05, 4.69) is 5.32 Å². The van der Waals surface area contributed by atoms with Crippen LogP contribution >= 0.6 is 0 Å². The summed E-state index contributed by atoms with van der Waals surface area (Å²) in [5.74, 6) is -0.591. The first kappa shape index (κ1) is 13.8. The van der Waals surface area contributed by atoms with Gasteiger partial charge in [0.05, 0.1) is 0 Å². The maximum Gasteiger partial charge on any atom is 0.326 e. The first-order valence-corrected chi connectivity index (χ1v) is 5.84. The van der Waals surface area contributed by atoms with Crippen molar-refractivity contribution in [2.75, 3.05) is 13.7 Å². The molecule has 1 rings (SSSR count).